The molecular formula is C14H19F3N2O. The number of ether oxygens (including phenoxy) is 1. The van der Waals surface area contributed by atoms with Crippen molar-refractivity contribution in [2.75, 3.05) is 25.1 Å². The van der Waals surface area contributed by atoms with Gasteiger partial charge in [-0.25, -0.2) is 0 Å². The third-order valence-electron chi connectivity index (χ3n) is 3.78. The van der Waals surface area contributed by atoms with Gasteiger partial charge < -0.3 is 15.4 Å². The number of rotatable bonds is 3. The summed E-state index contributed by atoms with van der Waals surface area (Å²) in [4.78, 5) is 1.97. The quantitative estimate of drug-likeness (QED) is 0.929. The van der Waals surface area contributed by atoms with Crippen LogP contribution in [-0.2, 0) is 17.5 Å². The van der Waals surface area contributed by atoms with Crippen LogP contribution in [0.4, 0.5) is 18.9 Å². The Morgan fingerprint density at radius 2 is 1.95 bits per heavy atom. The molecule has 0 amide bonds. The normalized spacial score (nSPS) is 17.6. The van der Waals surface area contributed by atoms with Gasteiger partial charge in [-0.2, -0.15) is 13.2 Å². The van der Waals surface area contributed by atoms with Gasteiger partial charge in [0.25, 0.3) is 0 Å². The van der Waals surface area contributed by atoms with Crippen molar-refractivity contribution in [2.45, 2.75) is 31.7 Å². The Kier molecular flexibility index (Phi) is 4.55. The average molecular weight is 288 g/mol. The Balaban J connectivity index is 2.28. The maximum absolute atomic E-state index is 13.0. The van der Waals surface area contributed by atoms with Gasteiger partial charge in [-0.15, -0.1) is 0 Å². The molecule has 112 valence electrons. The summed E-state index contributed by atoms with van der Waals surface area (Å²) in [5, 5.41) is 0. The highest BCUT2D eigenvalue weighted by Gasteiger charge is 2.34. The van der Waals surface area contributed by atoms with Gasteiger partial charge in [-0.05, 0) is 25.0 Å². The van der Waals surface area contributed by atoms with Crippen molar-refractivity contribution in [3.8, 4) is 0 Å². The molecule has 0 radical (unpaired) electrons. The molecular weight excluding hydrogens is 269 g/mol. The molecule has 1 aliphatic rings. The number of benzene rings is 1. The molecule has 1 heterocycles. The number of hydrogen-bond acceptors (Lipinski definition) is 3. The van der Waals surface area contributed by atoms with Crippen LogP contribution in [0.25, 0.3) is 0 Å². The van der Waals surface area contributed by atoms with Gasteiger partial charge in [0.2, 0.25) is 0 Å². The van der Waals surface area contributed by atoms with E-state index in [2.05, 4.69) is 0 Å². The SMILES string of the molecule is COC1CCN(c2cccc(C(F)(F)F)c2CN)CC1. The van der Waals surface area contributed by atoms with Crippen LogP contribution in [0.1, 0.15) is 24.0 Å². The van der Waals surface area contributed by atoms with E-state index in [9.17, 15) is 13.2 Å². The average Bonchev–Trinajstić information content (AvgIpc) is 2.45. The Hall–Kier alpha value is -1.27. The predicted octanol–water partition coefficient (Wildman–Crippen LogP) is 2.78. The first kappa shape index (κ1) is 15.1. The molecule has 0 spiro atoms. The third kappa shape index (κ3) is 3.07. The van der Waals surface area contributed by atoms with E-state index in [4.69, 9.17) is 10.5 Å². The van der Waals surface area contributed by atoms with Gasteiger partial charge in [0, 0.05) is 38.0 Å². The summed E-state index contributed by atoms with van der Waals surface area (Å²) in [5.41, 5.74) is 5.69. The zero-order valence-corrected chi connectivity index (χ0v) is 11.4. The van der Waals surface area contributed by atoms with E-state index >= 15 is 0 Å². The number of hydrogen-bond donors (Lipinski definition) is 1. The molecule has 0 unspecified atom stereocenters. The van der Waals surface area contributed by atoms with Crippen LogP contribution in [0.2, 0.25) is 0 Å². The Bertz CT molecular complexity index is 454. The minimum atomic E-state index is -4.37. The topological polar surface area (TPSA) is 38.5 Å². The molecule has 0 atom stereocenters. The van der Waals surface area contributed by atoms with Crippen LogP contribution in [0.15, 0.2) is 18.2 Å². The van der Waals surface area contributed by atoms with Crippen LogP contribution < -0.4 is 10.6 Å². The van der Waals surface area contributed by atoms with Gasteiger partial charge >= 0.3 is 6.18 Å². The van der Waals surface area contributed by atoms with Crippen molar-refractivity contribution in [3.63, 3.8) is 0 Å². The molecule has 0 aromatic heterocycles. The van der Waals surface area contributed by atoms with E-state index in [0.29, 0.717) is 18.8 Å². The van der Waals surface area contributed by atoms with Crippen LogP contribution in [0.3, 0.4) is 0 Å². The number of halogens is 3. The van der Waals surface area contributed by atoms with Gasteiger partial charge in [-0.3, -0.25) is 0 Å². The van der Waals surface area contributed by atoms with Crippen molar-refractivity contribution in [1.82, 2.24) is 0 Å². The lowest BCUT2D eigenvalue weighted by Gasteiger charge is -2.34. The molecule has 20 heavy (non-hydrogen) atoms. The minimum absolute atomic E-state index is 0.116. The van der Waals surface area contributed by atoms with Gasteiger partial charge in [-0.1, -0.05) is 6.07 Å². The standard InChI is InChI=1S/C14H19F3N2O/c1-20-10-5-7-19(8-6-10)13-4-2-3-12(11(13)9-18)14(15,16)17/h2-4,10H,5-9,18H2,1H3. The first-order chi connectivity index (χ1) is 9.47. The van der Waals surface area contributed by atoms with Crippen molar-refractivity contribution in [3.05, 3.63) is 29.3 Å². The highest BCUT2D eigenvalue weighted by molar-refractivity contribution is 5.58. The molecule has 2 N–H and O–H groups in total. The van der Waals surface area contributed by atoms with Crippen molar-refractivity contribution >= 4 is 5.69 Å². The molecule has 0 aliphatic carbocycles. The van der Waals surface area contributed by atoms with E-state index in [1.165, 1.54) is 6.07 Å². The van der Waals surface area contributed by atoms with Crippen molar-refractivity contribution in [1.29, 1.82) is 0 Å². The van der Waals surface area contributed by atoms with Crippen LogP contribution in [0.5, 0.6) is 0 Å². The van der Waals surface area contributed by atoms with E-state index in [1.54, 1.807) is 13.2 Å². The maximum atomic E-state index is 13.0. The molecule has 1 saturated heterocycles. The summed E-state index contributed by atoms with van der Waals surface area (Å²) >= 11 is 0. The van der Waals surface area contributed by atoms with Crippen molar-refractivity contribution < 1.29 is 17.9 Å². The summed E-state index contributed by atoms with van der Waals surface area (Å²) in [6.45, 7) is 1.26. The highest BCUT2D eigenvalue weighted by Crippen LogP contribution is 2.36. The lowest BCUT2D eigenvalue weighted by Crippen LogP contribution is -2.37. The van der Waals surface area contributed by atoms with Crippen LogP contribution >= 0.6 is 0 Å². The van der Waals surface area contributed by atoms with Gasteiger partial charge in [0.05, 0.1) is 11.7 Å². The molecule has 1 fully saturated rings. The number of methoxy groups -OCH3 is 1. The number of alkyl halides is 3. The Morgan fingerprint density at radius 1 is 1.30 bits per heavy atom. The maximum Gasteiger partial charge on any atom is 0.416 e. The van der Waals surface area contributed by atoms with Crippen LogP contribution in [-0.4, -0.2) is 26.3 Å². The molecule has 0 bridgehead atoms. The third-order valence-corrected chi connectivity index (χ3v) is 3.78. The Labute approximate surface area is 116 Å². The Morgan fingerprint density at radius 3 is 2.45 bits per heavy atom. The summed E-state index contributed by atoms with van der Waals surface area (Å²) in [6.07, 6.45) is -2.54. The molecule has 2 rings (SSSR count). The first-order valence-corrected chi connectivity index (χ1v) is 6.64. The molecule has 6 heteroatoms. The number of nitrogens with zero attached hydrogens (tertiary/aromatic N) is 1. The van der Waals surface area contributed by atoms with Gasteiger partial charge in [0.1, 0.15) is 0 Å². The molecule has 3 nitrogen and oxygen atoms in total. The zero-order valence-electron chi connectivity index (χ0n) is 11.4. The highest BCUT2D eigenvalue weighted by atomic mass is 19.4. The number of nitrogens with two attached hydrogens (primary N) is 1. The van der Waals surface area contributed by atoms with Gasteiger partial charge in [0.15, 0.2) is 0 Å². The lowest BCUT2D eigenvalue weighted by molar-refractivity contribution is -0.138. The fourth-order valence-electron chi connectivity index (χ4n) is 2.68. The molecule has 1 aromatic rings. The fraction of sp³-hybridized carbons (Fsp3) is 0.571. The molecule has 1 aromatic carbocycles. The van der Waals surface area contributed by atoms with E-state index in [-0.39, 0.29) is 18.2 Å². The molecule has 0 saturated carbocycles. The second-order valence-electron chi connectivity index (χ2n) is 4.93. The minimum Gasteiger partial charge on any atom is -0.381 e. The second-order valence-corrected chi connectivity index (χ2v) is 4.93. The first-order valence-electron chi connectivity index (χ1n) is 6.64. The summed E-state index contributed by atoms with van der Waals surface area (Å²) in [7, 11) is 1.66. The zero-order chi connectivity index (χ0) is 14.8. The monoisotopic (exact) mass is 288 g/mol. The van der Waals surface area contributed by atoms with Crippen LogP contribution in [0, 0.1) is 0 Å². The predicted molar refractivity (Wildman–Crippen MR) is 71.6 cm³/mol. The fourth-order valence-corrected chi connectivity index (χ4v) is 2.68. The largest absolute Gasteiger partial charge is 0.416 e. The summed E-state index contributed by atoms with van der Waals surface area (Å²) in [6, 6.07) is 4.25. The smallest absolute Gasteiger partial charge is 0.381 e. The number of anilines is 1. The van der Waals surface area contributed by atoms with E-state index in [0.717, 1.165) is 18.9 Å². The summed E-state index contributed by atoms with van der Waals surface area (Å²) in [5.74, 6) is 0. The van der Waals surface area contributed by atoms with E-state index in [1.807, 2.05) is 4.90 Å². The molecule has 1 aliphatic heterocycles. The second kappa shape index (κ2) is 6.01. The van der Waals surface area contributed by atoms with E-state index < -0.39 is 11.7 Å². The van der Waals surface area contributed by atoms with Crippen molar-refractivity contribution in [2.24, 2.45) is 5.73 Å². The number of piperidine rings is 1. The lowest BCUT2D eigenvalue weighted by atomic mass is 10.0. The summed E-state index contributed by atoms with van der Waals surface area (Å²) < 4.78 is 44.3.